The normalized spacial score (nSPS) is 23.2. The Morgan fingerprint density at radius 2 is 1.94 bits per heavy atom. The van der Waals surface area contributed by atoms with Crippen LogP contribution in [-0.4, -0.2) is 32.0 Å². The van der Waals surface area contributed by atoms with Gasteiger partial charge in [0.1, 0.15) is 0 Å². The summed E-state index contributed by atoms with van der Waals surface area (Å²) in [5.74, 6) is 1.20. The molecule has 2 unspecified atom stereocenters. The first-order chi connectivity index (χ1) is 8.81. The van der Waals surface area contributed by atoms with Crippen molar-refractivity contribution in [2.75, 3.05) is 11.1 Å². The molecule has 0 radical (unpaired) electrons. The van der Waals surface area contributed by atoms with Crippen molar-refractivity contribution in [3.63, 3.8) is 0 Å². The molecule has 5 heteroatoms. The molecule has 4 nitrogen and oxygen atoms in total. The number of nitrogens with one attached hydrogen (secondary N) is 1. The molecule has 0 bridgehead atoms. The third-order valence-electron chi connectivity index (χ3n) is 3.09. The predicted molar refractivity (Wildman–Crippen MR) is 75.3 cm³/mol. The smallest absolute Gasteiger partial charge is 0.0858 e. The van der Waals surface area contributed by atoms with Crippen LogP contribution in [0.5, 0.6) is 0 Å². The first-order valence-corrected chi connectivity index (χ1v) is 7.21. The van der Waals surface area contributed by atoms with E-state index in [1.165, 1.54) is 17.9 Å². The largest absolute Gasteiger partial charge is 0.381 e. The molecule has 0 amide bonds. The molecule has 0 aliphatic carbocycles. The van der Waals surface area contributed by atoms with Crippen molar-refractivity contribution < 1.29 is 0 Å². The molecule has 1 aliphatic heterocycles. The van der Waals surface area contributed by atoms with Gasteiger partial charge in [0.15, 0.2) is 0 Å². The Kier molecular flexibility index (Phi) is 3.23. The van der Waals surface area contributed by atoms with Crippen LogP contribution in [0.4, 0.5) is 5.69 Å². The molecule has 2 heterocycles. The summed E-state index contributed by atoms with van der Waals surface area (Å²) in [5.41, 5.74) is 2.16. The molecule has 1 N–H and O–H groups in total. The Balaban J connectivity index is 1.68. The molecule has 1 fully saturated rings. The maximum Gasteiger partial charge on any atom is 0.0858 e. The zero-order valence-corrected chi connectivity index (χ0v) is 11.1. The summed E-state index contributed by atoms with van der Waals surface area (Å²) in [6.07, 6.45) is 4.61. The number of nitrogens with zero attached hydrogens (tertiary/aromatic N) is 3. The molecule has 2 aromatic rings. The zero-order chi connectivity index (χ0) is 12.4. The van der Waals surface area contributed by atoms with E-state index in [4.69, 9.17) is 0 Å². The molecule has 1 saturated heterocycles. The van der Waals surface area contributed by atoms with Gasteiger partial charge in [-0.15, -0.1) is 0 Å². The maximum absolute atomic E-state index is 4.11. The zero-order valence-electron chi connectivity index (χ0n) is 10.3. The van der Waals surface area contributed by atoms with Crippen LogP contribution in [0.3, 0.4) is 0 Å². The van der Waals surface area contributed by atoms with Crippen molar-refractivity contribution in [1.82, 2.24) is 15.0 Å². The second-order valence-corrected chi connectivity index (χ2v) is 6.06. The highest BCUT2D eigenvalue weighted by Gasteiger charge is 2.21. The quantitative estimate of drug-likeness (QED) is 0.921. The maximum atomic E-state index is 4.11. The predicted octanol–water partition coefficient (Wildman–Crippen LogP) is 2.57. The Bertz CT molecular complexity index is 494. The minimum atomic E-state index is 0.596. The lowest BCUT2D eigenvalue weighted by Crippen LogP contribution is -2.18. The van der Waals surface area contributed by atoms with E-state index >= 15 is 0 Å². The molecule has 94 valence electrons. The van der Waals surface area contributed by atoms with Gasteiger partial charge in [0.2, 0.25) is 0 Å². The highest BCUT2D eigenvalue weighted by Crippen LogP contribution is 2.28. The Hall–Kier alpha value is -1.49. The van der Waals surface area contributed by atoms with Gasteiger partial charge in [-0.25, -0.2) is 0 Å². The molecule has 1 aliphatic rings. The lowest BCUT2D eigenvalue weighted by atomic mass is 10.2. The molecular formula is C13H16N4S. The van der Waals surface area contributed by atoms with Crippen LogP contribution in [0.15, 0.2) is 36.7 Å². The van der Waals surface area contributed by atoms with E-state index in [0.29, 0.717) is 6.04 Å². The molecular weight excluding hydrogens is 244 g/mol. The number of anilines is 1. The number of aromatic nitrogens is 3. The van der Waals surface area contributed by atoms with Gasteiger partial charge >= 0.3 is 0 Å². The molecule has 0 spiro atoms. The van der Waals surface area contributed by atoms with Gasteiger partial charge in [0.05, 0.1) is 18.1 Å². The molecule has 3 rings (SSSR count). The van der Waals surface area contributed by atoms with Crippen molar-refractivity contribution in [2.45, 2.75) is 24.6 Å². The summed E-state index contributed by atoms with van der Waals surface area (Å²) >= 11 is 2.04. The highest BCUT2D eigenvalue weighted by atomic mass is 32.2. The number of rotatable bonds is 3. The fraction of sp³-hybridized carbons (Fsp3) is 0.385. The second-order valence-electron chi connectivity index (χ2n) is 4.59. The van der Waals surface area contributed by atoms with Crippen LogP contribution in [0.2, 0.25) is 0 Å². The van der Waals surface area contributed by atoms with Crippen LogP contribution in [-0.2, 0) is 0 Å². The molecule has 1 aromatic heterocycles. The van der Waals surface area contributed by atoms with Crippen molar-refractivity contribution in [1.29, 1.82) is 0 Å². The van der Waals surface area contributed by atoms with E-state index in [-0.39, 0.29) is 0 Å². The average Bonchev–Trinajstić information content (AvgIpc) is 3.02. The first kappa shape index (κ1) is 11.6. The summed E-state index contributed by atoms with van der Waals surface area (Å²) < 4.78 is 0. The average molecular weight is 260 g/mol. The fourth-order valence-electron chi connectivity index (χ4n) is 2.19. The SMILES string of the molecule is CC1CC(Nc2ccc(-n3nccn3)cc2)CS1. The fourth-order valence-corrected chi connectivity index (χ4v) is 3.34. The minimum absolute atomic E-state index is 0.596. The summed E-state index contributed by atoms with van der Waals surface area (Å²) in [4.78, 5) is 1.62. The lowest BCUT2D eigenvalue weighted by Gasteiger charge is -2.13. The first-order valence-electron chi connectivity index (χ1n) is 6.16. The number of benzene rings is 1. The van der Waals surface area contributed by atoms with E-state index in [2.05, 4.69) is 34.6 Å². The van der Waals surface area contributed by atoms with Gasteiger partial charge in [-0.2, -0.15) is 26.8 Å². The third kappa shape index (κ3) is 2.51. The van der Waals surface area contributed by atoms with E-state index in [1.807, 2.05) is 23.9 Å². The van der Waals surface area contributed by atoms with Crippen LogP contribution in [0.1, 0.15) is 13.3 Å². The topological polar surface area (TPSA) is 42.7 Å². The van der Waals surface area contributed by atoms with Crippen molar-refractivity contribution >= 4 is 17.4 Å². The third-order valence-corrected chi connectivity index (χ3v) is 4.44. The van der Waals surface area contributed by atoms with E-state index in [1.54, 1.807) is 17.2 Å². The summed E-state index contributed by atoms with van der Waals surface area (Å²) in [6, 6.07) is 8.85. The van der Waals surface area contributed by atoms with Gasteiger partial charge in [0.25, 0.3) is 0 Å². The molecule has 18 heavy (non-hydrogen) atoms. The number of hydrogen-bond donors (Lipinski definition) is 1. The van der Waals surface area contributed by atoms with Crippen molar-refractivity contribution in [3.8, 4) is 5.69 Å². The highest BCUT2D eigenvalue weighted by molar-refractivity contribution is 8.00. The van der Waals surface area contributed by atoms with Gasteiger partial charge in [-0.1, -0.05) is 6.92 Å². The van der Waals surface area contributed by atoms with E-state index in [0.717, 1.165) is 10.9 Å². The Labute approximate surface area is 111 Å². The van der Waals surface area contributed by atoms with Crippen molar-refractivity contribution in [3.05, 3.63) is 36.7 Å². The number of thioether (sulfide) groups is 1. The van der Waals surface area contributed by atoms with Crippen LogP contribution in [0.25, 0.3) is 5.69 Å². The summed E-state index contributed by atoms with van der Waals surface area (Å²) in [6.45, 7) is 2.29. The minimum Gasteiger partial charge on any atom is -0.381 e. The van der Waals surface area contributed by atoms with Crippen LogP contribution < -0.4 is 5.32 Å². The van der Waals surface area contributed by atoms with Crippen molar-refractivity contribution in [2.24, 2.45) is 0 Å². The summed E-state index contributed by atoms with van der Waals surface area (Å²) in [5, 5.41) is 12.6. The Morgan fingerprint density at radius 1 is 1.22 bits per heavy atom. The monoisotopic (exact) mass is 260 g/mol. The van der Waals surface area contributed by atoms with E-state index < -0.39 is 0 Å². The van der Waals surface area contributed by atoms with Gasteiger partial charge in [-0.3, -0.25) is 0 Å². The van der Waals surface area contributed by atoms with E-state index in [9.17, 15) is 0 Å². The Morgan fingerprint density at radius 3 is 2.56 bits per heavy atom. The second kappa shape index (κ2) is 5.02. The lowest BCUT2D eigenvalue weighted by molar-refractivity contribution is 0.744. The van der Waals surface area contributed by atoms with Gasteiger partial charge < -0.3 is 5.32 Å². The van der Waals surface area contributed by atoms with Crippen LogP contribution in [0, 0.1) is 0 Å². The molecule has 0 saturated carbocycles. The number of hydrogen-bond acceptors (Lipinski definition) is 4. The van der Waals surface area contributed by atoms with Crippen LogP contribution >= 0.6 is 11.8 Å². The van der Waals surface area contributed by atoms with Gasteiger partial charge in [0, 0.05) is 22.7 Å². The van der Waals surface area contributed by atoms with Gasteiger partial charge in [-0.05, 0) is 30.7 Å². The standard InChI is InChI=1S/C13H16N4S/c1-10-8-12(9-18-10)16-11-2-4-13(5-3-11)17-14-6-7-15-17/h2-7,10,12,16H,8-9H2,1H3. The molecule has 1 aromatic carbocycles. The summed E-state index contributed by atoms with van der Waals surface area (Å²) in [7, 11) is 0. The molecule has 2 atom stereocenters.